The summed E-state index contributed by atoms with van der Waals surface area (Å²) in [7, 11) is 0. The van der Waals surface area contributed by atoms with Crippen LogP contribution in [0, 0.1) is 6.92 Å². The van der Waals surface area contributed by atoms with Crippen LogP contribution in [0.15, 0.2) is 48.7 Å². The fraction of sp³-hybridized carbons (Fsp3) is 0.318. The van der Waals surface area contributed by atoms with E-state index in [4.69, 9.17) is 16.6 Å². The number of para-hydroxylation sites is 1. The molecule has 1 aliphatic rings. The van der Waals surface area contributed by atoms with Gasteiger partial charge in [0.1, 0.15) is 11.5 Å². The highest BCUT2D eigenvalue weighted by molar-refractivity contribution is 6.30. The van der Waals surface area contributed by atoms with Gasteiger partial charge < -0.3 is 10.6 Å². The van der Waals surface area contributed by atoms with E-state index in [1.165, 1.54) is 10.9 Å². The molecule has 0 unspecified atom stereocenters. The standard InChI is InChI=1S/C22H23ClN4O.ClH/c1-14-12-21(27-19-5-3-2-4-18(14)19)25-16-6-8-17(9-7-16)26-22(28)20-13-15(23)10-11-24-20;/h2-5,10-13,16-17H,6-9H2,1H3,(H,25,27)(H,26,28);1H. The maximum atomic E-state index is 12.3. The zero-order chi connectivity index (χ0) is 19.5. The van der Waals surface area contributed by atoms with Gasteiger partial charge in [0.2, 0.25) is 0 Å². The molecule has 1 amide bonds. The molecule has 0 bridgehead atoms. The van der Waals surface area contributed by atoms with Crippen LogP contribution in [0.5, 0.6) is 0 Å². The molecule has 5 nitrogen and oxygen atoms in total. The molecule has 152 valence electrons. The van der Waals surface area contributed by atoms with Gasteiger partial charge in [-0.25, -0.2) is 4.98 Å². The number of anilines is 1. The highest BCUT2D eigenvalue weighted by Gasteiger charge is 2.23. The Morgan fingerprint density at radius 3 is 2.55 bits per heavy atom. The van der Waals surface area contributed by atoms with Gasteiger partial charge in [0.15, 0.2) is 0 Å². The molecule has 2 aromatic heterocycles. The maximum absolute atomic E-state index is 12.3. The van der Waals surface area contributed by atoms with Gasteiger partial charge in [-0.2, -0.15) is 0 Å². The predicted octanol–water partition coefficient (Wildman–Crippen LogP) is 5.17. The molecular formula is C22H24Cl2N4O. The number of rotatable bonds is 4. The monoisotopic (exact) mass is 430 g/mol. The van der Waals surface area contributed by atoms with Crippen molar-refractivity contribution in [2.75, 3.05) is 5.32 Å². The van der Waals surface area contributed by atoms with E-state index in [-0.39, 0.29) is 24.4 Å². The molecule has 0 atom stereocenters. The smallest absolute Gasteiger partial charge is 0.270 e. The number of halogens is 2. The molecule has 2 N–H and O–H groups in total. The summed E-state index contributed by atoms with van der Waals surface area (Å²) in [5.74, 6) is 0.762. The number of carbonyl (C=O) groups is 1. The Bertz CT molecular complexity index is 1000. The lowest BCUT2D eigenvalue weighted by molar-refractivity contribution is 0.0921. The van der Waals surface area contributed by atoms with Gasteiger partial charge in [-0.1, -0.05) is 29.8 Å². The summed E-state index contributed by atoms with van der Waals surface area (Å²) in [5.41, 5.74) is 2.60. The number of pyridine rings is 2. The minimum Gasteiger partial charge on any atom is -0.367 e. The second kappa shape index (κ2) is 9.42. The average Bonchev–Trinajstić information content (AvgIpc) is 2.69. The van der Waals surface area contributed by atoms with Crippen molar-refractivity contribution in [2.45, 2.75) is 44.7 Å². The van der Waals surface area contributed by atoms with E-state index < -0.39 is 0 Å². The van der Waals surface area contributed by atoms with Crippen LogP contribution >= 0.6 is 24.0 Å². The number of aryl methyl sites for hydroxylation is 1. The molecule has 0 aliphatic heterocycles. The van der Waals surface area contributed by atoms with Crippen molar-refractivity contribution in [1.82, 2.24) is 15.3 Å². The number of nitrogens with zero attached hydrogens (tertiary/aromatic N) is 2. The quantitative estimate of drug-likeness (QED) is 0.599. The first-order valence-electron chi connectivity index (χ1n) is 9.64. The minimum atomic E-state index is -0.161. The third-order valence-corrected chi connectivity index (χ3v) is 5.53. The van der Waals surface area contributed by atoms with E-state index in [9.17, 15) is 4.79 Å². The Morgan fingerprint density at radius 1 is 1.07 bits per heavy atom. The van der Waals surface area contributed by atoms with Crippen molar-refractivity contribution in [3.8, 4) is 0 Å². The molecule has 29 heavy (non-hydrogen) atoms. The largest absolute Gasteiger partial charge is 0.367 e. The number of amides is 1. The molecular weight excluding hydrogens is 407 g/mol. The molecule has 1 saturated carbocycles. The fourth-order valence-corrected chi connectivity index (χ4v) is 3.96. The number of benzene rings is 1. The van der Waals surface area contributed by atoms with Gasteiger partial charge in [-0.15, -0.1) is 12.4 Å². The highest BCUT2D eigenvalue weighted by Crippen LogP contribution is 2.25. The van der Waals surface area contributed by atoms with E-state index in [0.717, 1.165) is 37.0 Å². The molecule has 1 aliphatic carbocycles. The van der Waals surface area contributed by atoms with Gasteiger partial charge in [0, 0.05) is 28.7 Å². The molecule has 2 heterocycles. The van der Waals surface area contributed by atoms with Crippen LogP contribution in [-0.2, 0) is 0 Å². The summed E-state index contributed by atoms with van der Waals surface area (Å²) in [6.45, 7) is 2.12. The maximum Gasteiger partial charge on any atom is 0.270 e. The van der Waals surface area contributed by atoms with E-state index in [1.807, 2.05) is 18.2 Å². The third kappa shape index (κ3) is 5.17. The molecule has 0 radical (unpaired) electrons. The van der Waals surface area contributed by atoms with E-state index >= 15 is 0 Å². The Hall–Kier alpha value is -2.37. The number of carbonyl (C=O) groups excluding carboxylic acids is 1. The second-order valence-electron chi connectivity index (χ2n) is 7.37. The Morgan fingerprint density at radius 2 is 1.79 bits per heavy atom. The molecule has 0 saturated heterocycles. The van der Waals surface area contributed by atoms with Crippen LogP contribution < -0.4 is 10.6 Å². The van der Waals surface area contributed by atoms with Gasteiger partial charge in [0.25, 0.3) is 5.91 Å². The summed E-state index contributed by atoms with van der Waals surface area (Å²) in [4.78, 5) is 21.2. The van der Waals surface area contributed by atoms with Gasteiger partial charge in [0.05, 0.1) is 5.52 Å². The van der Waals surface area contributed by atoms with Gasteiger partial charge in [-0.05, 0) is 62.4 Å². The van der Waals surface area contributed by atoms with E-state index in [1.54, 1.807) is 18.3 Å². The van der Waals surface area contributed by atoms with Crippen molar-refractivity contribution >= 4 is 46.6 Å². The first-order chi connectivity index (χ1) is 13.6. The summed E-state index contributed by atoms with van der Waals surface area (Å²) < 4.78 is 0. The molecule has 3 aromatic rings. The average molecular weight is 431 g/mol. The van der Waals surface area contributed by atoms with Crippen LogP contribution in [0.2, 0.25) is 5.02 Å². The van der Waals surface area contributed by atoms with E-state index in [0.29, 0.717) is 16.8 Å². The fourth-order valence-electron chi connectivity index (χ4n) is 3.80. The topological polar surface area (TPSA) is 66.9 Å². The van der Waals surface area contributed by atoms with Crippen LogP contribution in [0.25, 0.3) is 10.9 Å². The lowest BCUT2D eigenvalue weighted by atomic mass is 9.91. The molecule has 1 aromatic carbocycles. The van der Waals surface area contributed by atoms with Crippen molar-refractivity contribution in [1.29, 1.82) is 0 Å². The van der Waals surface area contributed by atoms with Crippen molar-refractivity contribution in [2.24, 2.45) is 0 Å². The number of nitrogens with one attached hydrogen (secondary N) is 2. The van der Waals surface area contributed by atoms with Crippen LogP contribution in [0.1, 0.15) is 41.7 Å². The molecule has 7 heteroatoms. The molecule has 1 fully saturated rings. The number of fused-ring (bicyclic) bond motifs is 1. The van der Waals surface area contributed by atoms with E-state index in [2.05, 4.69) is 34.7 Å². The summed E-state index contributed by atoms with van der Waals surface area (Å²) in [5, 5.41) is 8.36. The van der Waals surface area contributed by atoms with Crippen LogP contribution in [0.3, 0.4) is 0 Å². The van der Waals surface area contributed by atoms with Crippen LogP contribution in [0.4, 0.5) is 5.82 Å². The molecule has 4 rings (SSSR count). The normalized spacial score (nSPS) is 18.7. The van der Waals surface area contributed by atoms with Gasteiger partial charge in [-0.3, -0.25) is 9.78 Å². The van der Waals surface area contributed by atoms with Crippen molar-refractivity contribution in [3.05, 3.63) is 64.9 Å². The van der Waals surface area contributed by atoms with Crippen LogP contribution in [-0.4, -0.2) is 28.0 Å². The lowest BCUT2D eigenvalue weighted by Crippen LogP contribution is -2.40. The third-order valence-electron chi connectivity index (χ3n) is 5.29. The number of aromatic nitrogens is 2. The molecule has 0 spiro atoms. The zero-order valence-corrected chi connectivity index (χ0v) is 17.8. The Labute approximate surface area is 181 Å². The van der Waals surface area contributed by atoms with Crippen molar-refractivity contribution < 1.29 is 4.79 Å². The summed E-state index contributed by atoms with van der Waals surface area (Å²) >= 11 is 5.94. The Kier molecular flexibility index (Phi) is 6.93. The first-order valence-corrected chi connectivity index (χ1v) is 10.0. The number of hydrogen-bond donors (Lipinski definition) is 2. The number of hydrogen-bond acceptors (Lipinski definition) is 4. The first kappa shape index (κ1) is 21.3. The van der Waals surface area contributed by atoms with Crippen molar-refractivity contribution in [3.63, 3.8) is 0 Å². The second-order valence-corrected chi connectivity index (χ2v) is 7.80. The highest BCUT2D eigenvalue weighted by atomic mass is 35.5. The minimum absolute atomic E-state index is 0. The zero-order valence-electron chi connectivity index (χ0n) is 16.2. The predicted molar refractivity (Wildman–Crippen MR) is 120 cm³/mol. The van der Waals surface area contributed by atoms with Gasteiger partial charge >= 0.3 is 0 Å². The Balaban J connectivity index is 0.00000240. The summed E-state index contributed by atoms with van der Waals surface area (Å²) in [6, 6.07) is 14.1. The summed E-state index contributed by atoms with van der Waals surface area (Å²) in [6.07, 6.45) is 5.38. The lowest BCUT2D eigenvalue weighted by Gasteiger charge is -2.30. The SMILES string of the molecule is Cc1cc(NC2CCC(NC(=O)c3cc(Cl)ccn3)CC2)nc2ccccc12.Cl.